The van der Waals surface area contributed by atoms with E-state index in [0.717, 1.165) is 11.3 Å². The first kappa shape index (κ1) is 8.96. The molecular weight excluding hydrogens is 205 g/mol. The summed E-state index contributed by atoms with van der Waals surface area (Å²) in [6, 6.07) is 2.89. The Morgan fingerprint density at radius 1 is 1.50 bits per heavy atom. The number of nitrogen functional groups attached to an aromatic ring is 1. The summed E-state index contributed by atoms with van der Waals surface area (Å²) in [4.78, 5) is 10.7. The van der Waals surface area contributed by atoms with Crippen LogP contribution in [0.25, 0.3) is 10.1 Å². The molecule has 0 atom stereocenters. The highest BCUT2D eigenvalue weighted by Crippen LogP contribution is 2.30. The second-order valence-corrected chi connectivity index (χ2v) is 3.68. The fourth-order valence-corrected chi connectivity index (χ4v) is 2.24. The molecule has 14 heavy (non-hydrogen) atoms. The smallest absolute Gasteiger partial charge is 0.337 e. The standard InChI is InChI=1S/C9H6FNO2S/c10-7-6(11)2-1-4-5(9(12)13)3-14-8(4)7/h1-3H,11H2,(H,12,13). The van der Waals surface area contributed by atoms with Crippen LogP contribution in [0.3, 0.4) is 0 Å². The first-order valence-corrected chi connectivity index (χ1v) is 4.67. The van der Waals surface area contributed by atoms with Gasteiger partial charge in [0.1, 0.15) is 0 Å². The Kier molecular flexibility index (Phi) is 1.89. The summed E-state index contributed by atoms with van der Waals surface area (Å²) in [6.45, 7) is 0. The van der Waals surface area contributed by atoms with Crippen LogP contribution in [0.15, 0.2) is 17.5 Å². The second kappa shape index (κ2) is 2.95. The molecule has 0 aliphatic rings. The van der Waals surface area contributed by atoms with Crippen molar-refractivity contribution in [2.45, 2.75) is 0 Å². The Morgan fingerprint density at radius 2 is 2.21 bits per heavy atom. The van der Waals surface area contributed by atoms with Crippen molar-refractivity contribution < 1.29 is 14.3 Å². The van der Waals surface area contributed by atoms with Crippen molar-refractivity contribution in [3.05, 3.63) is 28.9 Å². The maximum absolute atomic E-state index is 13.4. The third kappa shape index (κ3) is 1.13. The molecule has 0 fully saturated rings. The highest BCUT2D eigenvalue weighted by atomic mass is 32.1. The van der Waals surface area contributed by atoms with Gasteiger partial charge in [-0.15, -0.1) is 11.3 Å². The van der Waals surface area contributed by atoms with E-state index in [1.165, 1.54) is 17.5 Å². The highest BCUT2D eigenvalue weighted by Gasteiger charge is 2.14. The molecule has 5 heteroatoms. The first-order chi connectivity index (χ1) is 6.61. The van der Waals surface area contributed by atoms with Crippen molar-refractivity contribution in [1.82, 2.24) is 0 Å². The van der Waals surface area contributed by atoms with Gasteiger partial charge in [-0.05, 0) is 6.07 Å². The van der Waals surface area contributed by atoms with Crippen LogP contribution in [0, 0.1) is 5.82 Å². The average Bonchev–Trinajstić information content (AvgIpc) is 2.55. The zero-order chi connectivity index (χ0) is 10.3. The lowest BCUT2D eigenvalue weighted by atomic mass is 10.1. The molecule has 0 spiro atoms. The molecule has 2 aromatic rings. The van der Waals surface area contributed by atoms with Gasteiger partial charge >= 0.3 is 5.97 Å². The Balaban J connectivity index is 2.83. The number of fused-ring (bicyclic) bond motifs is 1. The molecule has 1 aromatic heterocycles. The van der Waals surface area contributed by atoms with E-state index in [1.54, 1.807) is 0 Å². The third-order valence-corrected chi connectivity index (χ3v) is 2.93. The zero-order valence-corrected chi connectivity index (χ0v) is 7.77. The molecule has 0 unspecified atom stereocenters. The molecule has 72 valence electrons. The monoisotopic (exact) mass is 211 g/mol. The molecule has 3 N–H and O–H groups in total. The number of carbonyl (C=O) groups is 1. The van der Waals surface area contributed by atoms with E-state index in [9.17, 15) is 9.18 Å². The van der Waals surface area contributed by atoms with Gasteiger partial charge in [0.15, 0.2) is 5.82 Å². The molecule has 0 aliphatic heterocycles. The summed E-state index contributed by atoms with van der Waals surface area (Å²) in [5, 5.41) is 10.6. The van der Waals surface area contributed by atoms with Gasteiger partial charge in [0.05, 0.1) is 16.0 Å². The average molecular weight is 211 g/mol. The molecule has 0 bridgehead atoms. The van der Waals surface area contributed by atoms with Gasteiger partial charge in [-0.25, -0.2) is 9.18 Å². The van der Waals surface area contributed by atoms with Crippen LogP contribution in [0.1, 0.15) is 10.4 Å². The van der Waals surface area contributed by atoms with Gasteiger partial charge in [0.25, 0.3) is 0 Å². The molecular formula is C9H6FNO2S. The maximum Gasteiger partial charge on any atom is 0.337 e. The minimum absolute atomic E-state index is 0.0382. The molecule has 0 amide bonds. The molecule has 0 aliphatic carbocycles. The molecule has 1 heterocycles. The minimum Gasteiger partial charge on any atom is -0.478 e. The number of carboxylic acids is 1. The lowest BCUT2D eigenvalue weighted by Gasteiger charge is -1.97. The Morgan fingerprint density at radius 3 is 2.86 bits per heavy atom. The number of aromatic carboxylic acids is 1. The van der Waals surface area contributed by atoms with Gasteiger partial charge in [0.2, 0.25) is 0 Å². The van der Waals surface area contributed by atoms with Gasteiger partial charge in [-0.1, -0.05) is 6.07 Å². The number of anilines is 1. The van der Waals surface area contributed by atoms with E-state index in [0.29, 0.717) is 10.1 Å². The second-order valence-electron chi connectivity index (χ2n) is 2.80. The molecule has 2 rings (SSSR count). The van der Waals surface area contributed by atoms with Crippen molar-refractivity contribution in [3.63, 3.8) is 0 Å². The Labute approximate surface area is 82.6 Å². The summed E-state index contributed by atoms with van der Waals surface area (Å²) in [6.07, 6.45) is 0. The van der Waals surface area contributed by atoms with Crippen molar-refractivity contribution in [1.29, 1.82) is 0 Å². The van der Waals surface area contributed by atoms with Crippen molar-refractivity contribution in [2.75, 3.05) is 5.73 Å². The van der Waals surface area contributed by atoms with Crippen LogP contribution in [-0.4, -0.2) is 11.1 Å². The molecule has 0 saturated heterocycles. The molecule has 1 aromatic carbocycles. The van der Waals surface area contributed by atoms with Gasteiger partial charge in [0, 0.05) is 10.8 Å². The summed E-state index contributed by atoms with van der Waals surface area (Å²) in [5.74, 6) is -1.60. The van der Waals surface area contributed by atoms with E-state index in [1.807, 2.05) is 0 Å². The quantitative estimate of drug-likeness (QED) is 0.711. The lowest BCUT2D eigenvalue weighted by molar-refractivity contribution is 0.0699. The summed E-state index contributed by atoms with van der Waals surface area (Å²) < 4.78 is 13.7. The summed E-state index contributed by atoms with van der Waals surface area (Å²) in [5.41, 5.74) is 5.51. The zero-order valence-electron chi connectivity index (χ0n) is 6.95. The van der Waals surface area contributed by atoms with E-state index in [4.69, 9.17) is 10.8 Å². The summed E-state index contributed by atoms with van der Waals surface area (Å²) >= 11 is 1.05. The lowest BCUT2D eigenvalue weighted by Crippen LogP contribution is -1.95. The van der Waals surface area contributed by atoms with Crippen LogP contribution in [0.4, 0.5) is 10.1 Å². The van der Waals surface area contributed by atoms with E-state index in [-0.39, 0.29) is 11.3 Å². The topological polar surface area (TPSA) is 63.3 Å². The number of halogens is 1. The molecule has 0 saturated carbocycles. The number of thiophene rings is 1. The van der Waals surface area contributed by atoms with Crippen LogP contribution in [-0.2, 0) is 0 Å². The number of rotatable bonds is 1. The van der Waals surface area contributed by atoms with Crippen LogP contribution >= 0.6 is 11.3 Å². The van der Waals surface area contributed by atoms with Crippen molar-refractivity contribution in [2.24, 2.45) is 0 Å². The predicted molar refractivity (Wildman–Crippen MR) is 53.2 cm³/mol. The van der Waals surface area contributed by atoms with Crippen LogP contribution in [0.2, 0.25) is 0 Å². The SMILES string of the molecule is Nc1ccc2c(C(=O)O)csc2c1F. The van der Waals surface area contributed by atoms with Gasteiger partial charge in [-0.3, -0.25) is 0 Å². The van der Waals surface area contributed by atoms with Gasteiger partial charge < -0.3 is 10.8 Å². The number of nitrogens with two attached hydrogens (primary N) is 1. The number of benzene rings is 1. The maximum atomic E-state index is 13.4. The van der Waals surface area contributed by atoms with E-state index < -0.39 is 11.8 Å². The molecule has 3 nitrogen and oxygen atoms in total. The van der Waals surface area contributed by atoms with E-state index in [2.05, 4.69) is 0 Å². The van der Waals surface area contributed by atoms with E-state index >= 15 is 0 Å². The Bertz CT molecular complexity index is 521. The summed E-state index contributed by atoms with van der Waals surface area (Å²) in [7, 11) is 0. The normalized spacial score (nSPS) is 10.6. The van der Waals surface area contributed by atoms with Gasteiger partial charge in [-0.2, -0.15) is 0 Å². The third-order valence-electron chi connectivity index (χ3n) is 1.94. The fraction of sp³-hybridized carbons (Fsp3) is 0. The predicted octanol–water partition coefficient (Wildman–Crippen LogP) is 2.32. The number of hydrogen-bond acceptors (Lipinski definition) is 3. The highest BCUT2D eigenvalue weighted by molar-refractivity contribution is 7.17. The minimum atomic E-state index is -1.06. The van der Waals surface area contributed by atoms with Crippen molar-refractivity contribution in [3.8, 4) is 0 Å². The van der Waals surface area contributed by atoms with Crippen LogP contribution in [0.5, 0.6) is 0 Å². The van der Waals surface area contributed by atoms with Crippen LogP contribution < -0.4 is 5.73 Å². The first-order valence-electron chi connectivity index (χ1n) is 3.79. The fourth-order valence-electron chi connectivity index (χ4n) is 1.25. The van der Waals surface area contributed by atoms with Crippen molar-refractivity contribution >= 4 is 33.1 Å². The largest absolute Gasteiger partial charge is 0.478 e. The molecule has 0 radical (unpaired) electrons. The Hall–Kier alpha value is -1.62. The number of hydrogen-bond donors (Lipinski definition) is 2. The number of carboxylic acid groups (broad SMARTS) is 1.